The average molecular weight is 510 g/mol. The smallest absolute Gasteiger partial charge is 0.326 e. The average Bonchev–Trinajstić information content (AvgIpc) is 2.85. The number of carbonyl (C=O) groups excluding carboxylic acids is 3. The number of carbonyl (C=O) groups is 4. The maximum absolute atomic E-state index is 13.1. The van der Waals surface area contributed by atoms with Crippen LogP contribution in [0, 0.1) is 5.92 Å². The molecule has 0 radical (unpaired) electrons. The summed E-state index contributed by atoms with van der Waals surface area (Å²) in [6.45, 7) is 4.19. The van der Waals surface area contributed by atoms with Crippen LogP contribution in [0.1, 0.15) is 45.1 Å². The standard InChI is InChI=1S/C24H39N5O5S/c1-3-15(2)20(26)23(32)28-18(13-16-9-5-4-6-10-16)21(30)29-19(14-35)22(31)27-17(24(33)34)11-7-8-12-25/h4-6,9-10,15,17-20,35H,3,7-8,11-14,25-26H2,1-2H3,(H,27,31)(H,28,32)(H,29,30)(H,33,34). The largest absolute Gasteiger partial charge is 0.480 e. The first-order valence-electron chi connectivity index (χ1n) is 11.9. The van der Waals surface area contributed by atoms with Crippen LogP contribution in [0.15, 0.2) is 30.3 Å². The van der Waals surface area contributed by atoms with Crippen molar-refractivity contribution in [3.63, 3.8) is 0 Å². The predicted molar refractivity (Wildman–Crippen MR) is 138 cm³/mol. The van der Waals surface area contributed by atoms with E-state index in [1.165, 1.54) is 0 Å². The minimum absolute atomic E-state index is 0.0644. The van der Waals surface area contributed by atoms with Gasteiger partial charge in [-0.1, -0.05) is 50.6 Å². The van der Waals surface area contributed by atoms with Gasteiger partial charge in [0.25, 0.3) is 0 Å². The number of amides is 3. The minimum Gasteiger partial charge on any atom is -0.480 e. The van der Waals surface area contributed by atoms with Gasteiger partial charge in [-0.15, -0.1) is 0 Å². The van der Waals surface area contributed by atoms with E-state index < -0.39 is 47.9 Å². The Morgan fingerprint density at radius 3 is 2.06 bits per heavy atom. The highest BCUT2D eigenvalue weighted by atomic mass is 32.1. The van der Waals surface area contributed by atoms with E-state index in [4.69, 9.17) is 11.5 Å². The van der Waals surface area contributed by atoms with E-state index in [0.29, 0.717) is 25.8 Å². The fraction of sp³-hybridized carbons (Fsp3) is 0.583. The molecule has 3 amide bonds. The Kier molecular flexibility index (Phi) is 14.0. The predicted octanol–water partition coefficient (Wildman–Crippen LogP) is 0.200. The van der Waals surface area contributed by atoms with Crippen LogP contribution >= 0.6 is 12.6 Å². The molecule has 1 aromatic rings. The highest BCUT2D eigenvalue weighted by Gasteiger charge is 2.30. The minimum atomic E-state index is -1.17. The van der Waals surface area contributed by atoms with Gasteiger partial charge in [0.05, 0.1) is 6.04 Å². The monoisotopic (exact) mass is 509 g/mol. The normalized spacial score (nSPS) is 15.2. The van der Waals surface area contributed by atoms with Gasteiger partial charge >= 0.3 is 5.97 Å². The maximum atomic E-state index is 13.1. The molecule has 5 unspecified atom stereocenters. The zero-order valence-corrected chi connectivity index (χ0v) is 21.3. The molecule has 0 spiro atoms. The second-order valence-corrected chi connectivity index (χ2v) is 8.95. The molecule has 0 aromatic heterocycles. The van der Waals surface area contributed by atoms with Gasteiger partial charge in [0.1, 0.15) is 18.1 Å². The van der Waals surface area contributed by atoms with Crippen LogP contribution in [-0.2, 0) is 25.6 Å². The SMILES string of the molecule is CCC(C)C(N)C(=O)NC(Cc1ccccc1)C(=O)NC(CS)C(=O)NC(CCCCN)C(=O)O. The van der Waals surface area contributed by atoms with E-state index in [0.717, 1.165) is 5.56 Å². The summed E-state index contributed by atoms with van der Waals surface area (Å²) < 4.78 is 0. The zero-order valence-electron chi connectivity index (χ0n) is 20.4. The van der Waals surface area contributed by atoms with Crippen LogP contribution in [0.5, 0.6) is 0 Å². The fourth-order valence-corrected chi connectivity index (χ4v) is 3.59. The van der Waals surface area contributed by atoms with Crippen LogP contribution < -0.4 is 27.4 Å². The summed E-state index contributed by atoms with van der Waals surface area (Å²) in [6, 6.07) is 5.13. The van der Waals surface area contributed by atoms with Crippen LogP contribution in [0.4, 0.5) is 0 Å². The summed E-state index contributed by atoms with van der Waals surface area (Å²) in [5.74, 6) is -3.05. The maximum Gasteiger partial charge on any atom is 0.326 e. The van der Waals surface area contributed by atoms with Crippen LogP contribution in [0.25, 0.3) is 0 Å². The first kappa shape index (κ1) is 30.4. The Hall–Kier alpha value is -2.63. The van der Waals surface area contributed by atoms with Crippen molar-refractivity contribution < 1.29 is 24.3 Å². The van der Waals surface area contributed by atoms with Crippen molar-refractivity contribution in [3.05, 3.63) is 35.9 Å². The van der Waals surface area contributed by atoms with Crippen LogP contribution in [0.2, 0.25) is 0 Å². The molecule has 0 heterocycles. The molecule has 5 atom stereocenters. The summed E-state index contributed by atoms with van der Waals surface area (Å²) in [5, 5.41) is 17.2. The summed E-state index contributed by atoms with van der Waals surface area (Å²) in [7, 11) is 0. The van der Waals surface area contributed by atoms with E-state index in [-0.39, 0.29) is 24.5 Å². The van der Waals surface area contributed by atoms with Gasteiger partial charge in [-0.3, -0.25) is 14.4 Å². The topological polar surface area (TPSA) is 177 Å². The van der Waals surface area contributed by atoms with Crippen molar-refractivity contribution in [3.8, 4) is 0 Å². The second-order valence-electron chi connectivity index (χ2n) is 8.59. The Bertz CT molecular complexity index is 826. The third-order valence-corrected chi connectivity index (χ3v) is 6.22. The van der Waals surface area contributed by atoms with Crippen molar-refractivity contribution in [2.24, 2.45) is 17.4 Å². The van der Waals surface area contributed by atoms with E-state index >= 15 is 0 Å². The second kappa shape index (κ2) is 16.1. The van der Waals surface area contributed by atoms with Gasteiger partial charge in [-0.05, 0) is 37.3 Å². The molecule has 35 heavy (non-hydrogen) atoms. The lowest BCUT2D eigenvalue weighted by molar-refractivity contribution is -0.142. The number of benzene rings is 1. The molecule has 10 nitrogen and oxygen atoms in total. The number of unbranched alkanes of at least 4 members (excludes halogenated alkanes) is 1. The van der Waals surface area contributed by atoms with Crippen molar-refractivity contribution in [2.45, 2.75) is 70.1 Å². The lowest BCUT2D eigenvalue weighted by Gasteiger charge is -2.25. The lowest BCUT2D eigenvalue weighted by Crippen LogP contribution is -2.58. The molecular formula is C24H39N5O5S. The number of hydrogen-bond donors (Lipinski definition) is 7. The Morgan fingerprint density at radius 2 is 1.51 bits per heavy atom. The van der Waals surface area contributed by atoms with Gasteiger partial charge in [-0.25, -0.2) is 4.79 Å². The molecule has 1 aromatic carbocycles. The van der Waals surface area contributed by atoms with Gasteiger partial charge in [0.15, 0.2) is 0 Å². The van der Waals surface area contributed by atoms with Crippen LogP contribution in [0.3, 0.4) is 0 Å². The van der Waals surface area contributed by atoms with Crippen molar-refractivity contribution in [2.75, 3.05) is 12.3 Å². The Morgan fingerprint density at radius 1 is 0.943 bits per heavy atom. The Labute approximate surface area is 212 Å². The molecule has 8 N–H and O–H groups in total. The summed E-state index contributed by atoms with van der Waals surface area (Å²) in [6.07, 6.45) is 2.26. The summed E-state index contributed by atoms with van der Waals surface area (Å²) in [4.78, 5) is 50.1. The molecule has 0 saturated heterocycles. The van der Waals surface area contributed by atoms with Crippen molar-refractivity contribution in [1.82, 2.24) is 16.0 Å². The number of carboxylic acids is 1. The number of carboxylic acid groups (broad SMARTS) is 1. The molecule has 1 rings (SSSR count). The third kappa shape index (κ3) is 10.7. The number of nitrogens with one attached hydrogen (secondary N) is 3. The molecule has 11 heteroatoms. The van der Waals surface area contributed by atoms with Gasteiger partial charge in [-0.2, -0.15) is 12.6 Å². The number of nitrogens with two attached hydrogens (primary N) is 2. The highest BCUT2D eigenvalue weighted by Crippen LogP contribution is 2.09. The lowest BCUT2D eigenvalue weighted by atomic mass is 9.98. The number of aliphatic carboxylic acids is 1. The zero-order chi connectivity index (χ0) is 26.4. The molecule has 0 aliphatic rings. The van der Waals surface area contributed by atoms with E-state index in [9.17, 15) is 24.3 Å². The first-order valence-corrected chi connectivity index (χ1v) is 12.5. The summed E-state index contributed by atoms with van der Waals surface area (Å²) in [5.41, 5.74) is 12.3. The number of hydrogen-bond acceptors (Lipinski definition) is 7. The molecule has 0 saturated carbocycles. The van der Waals surface area contributed by atoms with Crippen molar-refractivity contribution >= 4 is 36.3 Å². The summed E-state index contributed by atoms with van der Waals surface area (Å²) >= 11 is 4.15. The molecule has 196 valence electrons. The van der Waals surface area contributed by atoms with E-state index in [2.05, 4.69) is 28.6 Å². The molecule has 0 bridgehead atoms. The van der Waals surface area contributed by atoms with E-state index in [1.54, 1.807) is 0 Å². The number of thiol groups is 1. The Balaban J connectivity index is 2.95. The van der Waals surface area contributed by atoms with Gasteiger partial charge < -0.3 is 32.5 Å². The van der Waals surface area contributed by atoms with Gasteiger partial charge in [0.2, 0.25) is 17.7 Å². The quantitative estimate of drug-likeness (QED) is 0.123. The first-order chi connectivity index (χ1) is 16.6. The third-order valence-electron chi connectivity index (χ3n) is 5.85. The molecule has 0 aliphatic carbocycles. The fourth-order valence-electron chi connectivity index (χ4n) is 3.33. The van der Waals surface area contributed by atoms with Crippen LogP contribution in [-0.4, -0.2) is 65.3 Å². The molecular weight excluding hydrogens is 470 g/mol. The highest BCUT2D eigenvalue weighted by molar-refractivity contribution is 7.80. The van der Waals surface area contributed by atoms with Gasteiger partial charge in [0, 0.05) is 12.2 Å². The molecule has 0 aliphatic heterocycles. The van der Waals surface area contributed by atoms with E-state index in [1.807, 2.05) is 44.2 Å². The van der Waals surface area contributed by atoms with Crippen molar-refractivity contribution in [1.29, 1.82) is 0 Å². The molecule has 0 fully saturated rings. The number of rotatable bonds is 16.